The summed E-state index contributed by atoms with van der Waals surface area (Å²) in [7, 11) is 0. The first-order valence-corrected chi connectivity index (χ1v) is 5.10. The van der Waals surface area contributed by atoms with E-state index in [0.29, 0.717) is 0 Å². The van der Waals surface area contributed by atoms with E-state index in [1.54, 1.807) is 0 Å². The van der Waals surface area contributed by atoms with Crippen LogP contribution in [0.4, 0.5) is 5.69 Å². The Morgan fingerprint density at radius 2 is 1.56 bits per heavy atom. The van der Waals surface area contributed by atoms with Gasteiger partial charge in [-0.15, -0.1) is 0 Å². The molecule has 16 heavy (non-hydrogen) atoms. The quantitative estimate of drug-likeness (QED) is 0.518. The fourth-order valence-corrected chi connectivity index (χ4v) is 1.91. The van der Waals surface area contributed by atoms with Crippen LogP contribution in [0, 0.1) is 0 Å². The lowest BCUT2D eigenvalue weighted by Gasteiger charge is -2.01. The molecule has 0 spiro atoms. The van der Waals surface area contributed by atoms with Crippen LogP contribution < -0.4 is 5.73 Å². The summed E-state index contributed by atoms with van der Waals surface area (Å²) >= 11 is 0. The Morgan fingerprint density at radius 3 is 2.19 bits per heavy atom. The van der Waals surface area contributed by atoms with E-state index in [0.717, 1.165) is 28.3 Å². The second kappa shape index (κ2) is 3.34. The summed E-state index contributed by atoms with van der Waals surface area (Å²) in [4.78, 5) is 9.53. The number of anilines is 1. The standard InChI is InChI=1S/C12H12N4/c13-8-7-16-12(10-4-2-6-15-10)11(8)9-3-1-5-14-9/h1-7,14-16H,13H2. The molecule has 0 aliphatic heterocycles. The second-order valence-corrected chi connectivity index (χ2v) is 3.66. The maximum absolute atomic E-state index is 5.97. The fourth-order valence-electron chi connectivity index (χ4n) is 1.91. The van der Waals surface area contributed by atoms with Crippen molar-refractivity contribution in [2.45, 2.75) is 0 Å². The van der Waals surface area contributed by atoms with Crippen LogP contribution in [-0.4, -0.2) is 15.0 Å². The van der Waals surface area contributed by atoms with Gasteiger partial charge >= 0.3 is 0 Å². The molecule has 0 amide bonds. The van der Waals surface area contributed by atoms with Gasteiger partial charge in [0.05, 0.1) is 17.1 Å². The molecule has 0 atom stereocenters. The van der Waals surface area contributed by atoms with E-state index in [1.807, 2.05) is 42.9 Å². The number of aromatic nitrogens is 3. The predicted octanol–water partition coefficient (Wildman–Crippen LogP) is 2.59. The van der Waals surface area contributed by atoms with Crippen LogP contribution in [-0.2, 0) is 0 Å². The number of aromatic amines is 3. The maximum Gasteiger partial charge on any atom is 0.0735 e. The third-order valence-corrected chi connectivity index (χ3v) is 2.65. The highest BCUT2D eigenvalue weighted by atomic mass is 14.8. The highest BCUT2D eigenvalue weighted by Crippen LogP contribution is 2.34. The SMILES string of the molecule is Nc1c[nH]c(-c2ccc[nH]2)c1-c1ccc[nH]1. The molecule has 0 radical (unpaired) electrons. The number of hydrogen-bond donors (Lipinski definition) is 4. The molecule has 0 aliphatic carbocycles. The number of nitrogens with two attached hydrogens (primary N) is 1. The van der Waals surface area contributed by atoms with Crippen molar-refractivity contribution in [3.05, 3.63) is 42.9 Å². The van der Waals surface area contributed by atoms with Crippen molar-refractivity contribution in [3.8, 4) is 22.6 Å². The zero-order chi connectivity index (χ0) is 11.0. The van der Waals surface area contributed by atoms with Gasteiger partial charge in [0.2, 0.25) is 0 Å². The van der Waals surface area contributed by atoms with Gasteiger partial charge in [0, 0.05) is 29.8 Å². The average Bonchev–Trinajstić information content (AvgIpc) is 2.96. The van der Waals surface area contributed by atoms with Gasteiger partial charge in [-0.05, 0) is 24.3 Å². The van der Waals surface area contributed by atoms with Gasteiger partial charge in [-0.25, -0.2) is 0 Å². The lowest BCUT2D eigenvalue weighted by molar-refractivity contribution is 1.32. The lowest BCUT2D eigenvalue weighted by atomic mass is 10.1. The predicted molar refractivity (Wildman–Crippen MR) is 64.8 cm³/mol. The smallest absolute Gasteiger partial charge is 0.0735 e. The van der Waals surface area contributed by atoms with E-state index in [9.17, 15) is 0 Å². The molecule has 0 saturated heterocycles. The molecule has 0 aliphatic rings. The monoisotopic (exact) mass is 212 g/mol. The summed E-state index contributed by atoms with van der Waals surface area (Å²) < 4.78 is 0. The van der Waals surface area contributed by atoms with E-state index >= 15 is 0 Å². The van der Waals surface area contributed by atoms with Crippen LogP contribution in [0.1, 0.15) is 0 Å². The molecule has 3 heterocycles. The van der Waals surface area contributed by atoms with Crippen molar-refractivity contribution >= 4 is 5.69 Å². The Kier molecular flexibility index (Phi) is 1.86. The Labute approximate surface area is 92.5 Å². The van der Waals surface area contributed by atoms with Gasteiger partial charge in [0.1, 0.15) is 0 Å². The Bertz CT molecular complexity index is 573. The van der Waals surface area contributed by atoms with Crippen LogP contribution >= 0.6 is 0 Å². The van der Waals surface area contributed by atoms with Gasteiger partial charge in [0.25, 0.3) is 0 Å². The molecule has 0 fully saturated rings. The van der Waals surface area contributed by atoms with E-state index < -0.39 is 0 Å². The lowest BCUT2D eigenvalue weighted by Crippen LogP contribution is -1.87. The summed E-state index contributed by atoms with van der Waals surface area (Å²) in [6.45, 7) is 0. The van der Waals surface area contributed by atoms with Crippen molar-refractivity contribution in [2.75, 3.05) is 5.73 Å². The zero-order valence-corrected chi connectivity index (χ0v) is 8.62. The molecule has 3 aromatic rings. The highest BCUT2D eigenvalue weighted by Gasteiger charge is 2.13. The normalized spacial score (nSPS) is 10.8. The van der Waals surface area contributed by atoms with Crippen molar-refractivity contribution < 1.29 is 0 Å². The van der Waals surface area contributed by atoms with E-state index in [4.69, 9.17) is 5.73 Å². The topological polar surface area (TPSA) is 73.4 Å². The molecule has 3 aromatic heterocycles. The number of nitrogens with one attached hydrogen (secondary N) is 3. The third kappa shape index (κ3) is 1.24. The molecule has 4 nitrogen and oxygen atoms in total. The number of hydrogen-bond acceptors (Lipinski definition) is 1. The molecule has 0 saturated carbocycles. The van der Waals surface area contributed by atoms with Crippen LogP contribution in [0.25, 0.3) is 22.6 Å². The largest absolute Gasteiger partial charge is 0.397 e. The second-order valence-electron chi connectivity index (χ2n) is 3.66. The van der Waals surface area contributed by atoms with E-state index in [1.165, 1.54) is 0 Å². The first-order chi connectivity index (χ1) is 7.86. The van der Waals surface area contributed by atoms with Crippen molar-refractivity contribution in [1.82, 2.24) is 15.0 Å². The molecular formula is C12H12N4. The van der Waals surface area contributed by atoms with E-state index in [2.05, 4.69) is 15.0 Å². The van der Waals surface area contributed by atoms with Crippen molar-refractivity contribution in [3.63, 3.8) is 0 Å². The van der Waals surface area contributed by atoms with Crippen LogP contribution in [0.5, 0.6) is 0 Å². The Balaban J connectivity index is 2.21. The summed E-state index contributed by atoms with van der Waals surface area (Å²) in [5, 5.41) is 0. The maximum atomic E-state index is 5.97. The fraction of sp³-hybridized carbons (Fsp3) is 0. The molecule has 80 valence electrons. The molecule has 5 N–H and O–H groups in total. The molecule has 4 heteroatoms. The minimum Gasteiger partial charge on any atom is -0.397 e. The number of H-pyrrole nitrogens is 3. The first kappa shape index (κ1) is 8.91. The van der Waals surface area contributed by atoms with Crippen molar-refractivity contribution in [2.24, 2.45) is 0 Å². The minimum absolute atomic E-state index is 0.743. The van der Waals surface area contributed by atoms with Gasteiger partial charge < -0.3 is 20.7 Å². The molecule has 0 bridgehead atoms. The first-order valence-electron chi connectivity index (χ1n) is 5.10. The van der Waals surface area contributed by atoms with Crippen molar-refractivity contribution in [1.29, 1.82) is 0 Å². The molecular weight excluding hydrogens is 200 g/mol. The highest BCUT2D eigenvalue weighted by molar-refractivity contribution is 5.87. The minimum atomic E-state index is 0.743. The molecule has 3 rings (SSSR count). The van der Waals surface area contributed by atoms with Crippen LogP contribution in [0.15, 0.2) is 42.9 Å². The van der Waals surface area contributed by atoms with Gasteiger partial charge in [-0.2, -0.15) is 0 Å². The molecule has 0 unspecified atom stereocenters. The molecule has 0 aromatic carbocycles. The van der Waals surface area contributed by atoms with Crippen LogP contribution in [0.3, 0.4) is 0 Å². The Morgan fingerprint density at radius 1 is 0.875 bits per heavy atom. The Hall–Kier alpha value is -2.36. The van der Waals surface area contributed by atoms with Gasteiger partial charge in [0.15, 0.2) is 0 Å². The summed E-state index contributed by atoms with van der Waals surface area (Å²) in [6.07, 6.45) is 5.59. The van der Waals surface area contributed by atoms with Gasteiger partial charge in [-0.1, -0.05) is 0 Å². The number of nitrogen functional groups attached to an aromatic ring is 1. The summed E-state index contributed by atoms with van der Waals surface area (Å²) in [5.41, 5.74) is 10.8. The average molecular weight is 212 g/mol. The third-order valence-electron chi connectivity index (χ3n) is 2.65. The summed E-state index contributed by atoms with van der Waals surface area (Å²) in [5.74, 6) is 0. The zero-order valence-electron chi connectivity index (χ0n) is 8.62. The summed E-state index contributed by atoms with van der Waals surface area (Å²) in [6, 6.07) is 7.94. The van der Waals surface area contributed by atoms with Crippen LogP contribution in [0.2, 0.25) is 0 Å². The van der Waals surface area contributed by atoms with E-state index in [-0.39, 0.29) is 0 Å². The van der Waals surface area contributed by atoms with Gasteiger partial charge in [-0.3, -0.25) is 0 Å². The number of rotatable bonds is 2.